The van der Waals surface area contributed by atoms with Gasteiger partial charge in [-0.3, -0.25) is 19.2 Å². The fraction of sp³-hybridized carbons (Fsp3) is 0.593. The molecule has 1 N–H and O–H groups in total. The molecule has 3 aromatic rings. The number of amides is 1. The first-order valence-electron chi connectivity index (χ1n) is 13.1. The lowest BCUT2D eigenvalue weighted by Gasteiger charge is -2.40. The third kappa shape index (κ3) is 4.79. The van der Waals surface area contributed by atoms with Gasteiger partial charge >= 0.3 is 0 Å². The number of benzene rings is 1. The van der Waals surface area contributed by atoms with Gasteiger partial charge in [0, 0.05) is 63.6 Å². The number of methoxy groups -OCH3 is 1. The number of hydrogen-bond acceptors (Lipinski definition) is 6. The minimum absolute atomic E-state index is 0.0532. The number of aryl methyl sites for hydroxylation is 1. The molecule has 0 saturated carbocycles. The van der Waals surface area contributed by atoms with Crippen molar-refractivity contribution in [3.63, 3.8) is 0 Å². The summed E-state index contributed by atoms with van der Waals surface area (Å²) in [5.41, 5.74) is 2.96. The molecule has 0 aliphatic carbocycles. The number of unbranched alkanes of at least 4 members (excludes halogenated alkanes) is 1. The summed E-state index contributed by atoms with van der Waals surface area (Å²) >= 11 is 0. The molecule has 194 valence electrons. The highest BCUT2D eigenvalue weighted by Gasteiger charge is 2.29. The highest BCUT2D eigenvalue weighted by molar-refractivity contribution is 6.07. The molecular formula is C27H37N5O4. The summed E-state index contributed by atoms with van der Waals surface area (Å²) in [6.45, 7) is 9.74. The maximum Gasteiger partial charge on any atom is 0.259 e. The number of nitrogens with one attached hydrogen (secondary N) is 1. The highest BCUT2D eigenvalue weighted by atomic mass is 16.5. The fourth-order valence-electron chi connectivity index (χ4n) is 5.71. The Hall–Kier alpha value is -2.75. The number of aromatic nitrogens is 3. The van der Waals surface area contributed by atoms with Gasteiger partial charge < -0.3 is 19.4 Å². The topological polar surface area (TPSA) is 92.7 Å². The molecule has 2 aromatic heterocycles. The average Bonchev–Trinajstić information content (AvgIpc) is 3.33. The molecule has 1 amide bonds. The van der Waals surface area contributed by atoms with Crippen molar-refractivity contribution in [1.82, 2.24) is 24.6 Å². The van der Waals surface area contributed by atoms with Gasteiger partial charge in [-0.1, -0.05) is 0 Å². The lowest BCUT2D eigenvalue weighted by atomic mass is 10.0. The third-order valence-electron chi connectivity index (χ3n) is 7.72. The van der Waals surface area contributed by atoms with E-state index >= 15 is 0 Å². The lowest BCUT2D eigenvalue weighted by molar-refractivity contribution is 0.0482. The second-order valence-corrected chi connectivity index (χ2v) is 10.2. The summed E-state index contributed by atoms with van der Waals surface area (Å²) in [4.78, 5) is 34.1. The van der Waals surface area contributed by atoms with E-state index < -0.39 is 0 Å². The van der Waals surface area contributed by atoms with E-state index in [1.54, 1.807) is 13.3 Å². The number of piperazine rings is 1. The molecule has 9 nitrogen and oxygen atoms in total. The molecule has 2 aliphatic rings. The number of fused-ring (bicyclic) bond motifs is 3. The fourth-order valence-corrected chi connectivity index (χ4v) is 5.71. The van der Waals surface area contributed by atoms with Gasteiger partial charge in [0.2, 0.25) is 0 Å². The van der Waals surface area contributed by atoms with Gasteiger partial charge in [0.15, 0.2) is 0 Å². The highest BCUT2D eigenvalue weighted by Crippen LogP contribution is 2.30. The number of carbonyl (C=O) groups excluding carboxylic acids is 1. The molecule has 1 aromatic carbocycles. The summed E-state index contributed by atoms with van der Waals surface area (Å²) in [5.74, 6) is 0.0532. The average molecular weight is 496 g/mol. The smallest absolute Gasteiger partial charge is 0.259 e. The van der Waals surface area contributed by atoms with Crippen LogP contribution >= 0.6 is 0 Å². The van der Waals surface area contributed by atoms with Gasteiger partial charge in [0.25, 0.3) is 11.5 Å². The van der Waals surface area contributed by atoms with Gasteiger partial charge in [0.05, 0.1) is 28.7 Å². The first-order valence-corrected chi connectivity index (χ1v) is 13.1. The van der Waals surface area contributed by atoms with Crippen molar-refractivity contribution in [2.75, 3.05) is 53.1 Å². The monoisotopic (exact) mass is 495 g/mol. The van der Waals surface area contributed by atoms with E-state index in [0.29, 0.717) is 30.7 Å². The summed E-state index contributed by atoms with van der Waals surface area (Å²) in [5, 5.41) is 6.03. The molecule has 0 unspecified atom stereocenters. The van der Waals surface area contributed by atoms with Gasteiger partial charge in [0.1, 0.15) is 0 Å². The number of rotatable bonds is 7. The molecule has 0 spiro atoms. The van der Waals surface area contributed by atoms with Crippen LogP contribution in [0.5, 0.6) is 0 Å². The van der Waals surface area contributed by atoms with Crippen LogP contribution in [-0.4, -0.2) is 89.6 Å². The third-order valence-corrected chi connectivity index (χ3v) is 7.72. The van der Waals surface area contributed by atoms with E-state index in [0.717, 1.165) is 73.9 Å². The van der Waals surface area contributed by atoms with Crippen LogP contribution in [0.3, 0.4) is 0 Å². The van der Waals surface area contributed by atoms with Crippen LogP contribution < -0.4 is 5.56 Å². The van der Waals surface area contributed by atoms with Crippen LogP contribution in [0.4, 0.5) is 0 Å². The number of ether oxygens (including phenoxy) is 2. The molecule has 0 radical (unpaired) electrons. The Labute approximate surface area is 211 Å². The second kappa shape index (κ2) is 10.7. The number of carbonyl (C=O) groups is 1. The summed E-state index contributed by atoms with van der Waals surface area (Å²) in [6, 6.07) is 4.21. The van der Waals surface area contributed by atoms with Crippen molar-refractivity contribution in [1.29, 1.82) is 0 Å². The van der Waals surface area contributed by atoms with E-state index in [9.17, 15) is 9.59 Å². The molecular weight excluding hydrogens is 458 g/mol. The Morgan fingerprint density at radius 1 is 1.19 bits per heavy atom. The molecule has 1 atom stereocenters. The zero-order valence-electron chi connectivity index (χ0n) is 21.6. The molecule has 9 heteroatoms. The van der Waals surface area contributed by atoms with Gasteiger partial charge in [-0.25, -0.2) is 0 Å². The number of hydrogen-bond donors (Lipinski definition) is 1. The van der Waals surface area contributed by atoms with Gasteiger partial charge in [-0.2, -0.15) is 5.10 Å². The number of nitrogens with zero attached hydrogens (tertiary/aromatic N) is 4. The van der Waals surface area contributed by atoms with E-state index in [1.807, 2.05) is 28.6 Å². The Morgan fingerprint density at radius 3 is 2.75 bits per heavy atom. The molecule has 2 saturated heterocycles. The first-order chi connectivity index (χ1) is 17.5. The minimum atomic E-state index is -0.149. The Kier molecular flexibility index (Phi) is 7.41. The normalized spacial score (nSPS) is 20.0. The van der Waals surface area contributed by atoms with Gasteiger partial charge in [-0.05, 0) is 63.8 Å². The number of aromatic amines is 1. The number of pyridine rings is 1. The lowest BCUT2D eigenvalue weighted by Crippen LogP contribution is -2.54. The van der Waals surface area contributed by atoms with Crippen LogP contribution in [-0.2, 0) is 9.47 Å². The quantitative estimate of drug-likeness (QED) is 0.507. The van der Waals surface area contributed by atoms with Crippen LogP contribution in [0.1, 0.15) is 54.6 Å². The van der Waals surface area contributed by atoms with Crippen LogP contribution in [0, 0.1) is 6.92 Å². The molecule has 2 fully saturated rings. The van der Waals surface area contributed by atoms with Crippen LogP contribution in [0.15, 0.2) is 23.1 Å². The van der Waals surface area contributed by atoms with E-state index in [1.165, 1.54) is 0 Å². The maximum absolute atomic E-state index is 13.8. The first kappa shape index (κ1) is 24.9. The van der Waals surface area contributed by atoms with E-state index in [-0.39, 0.29) is 23.6 Å². The van der Waals surface area contributed by atoms with Crippen molar-refractivity contribution in [2.24, 2.45) is 0 Å². The number of H-pyrrole nitrogens is 1. The Balaban J connectivity index is 1.44. The molecule has 0 bridgehead atoms. The van der Waals surface area contributed by atoms with Crippen molar-refractivity contribution < 1.29 is 14.3 Å². The predicted octanol–water partition coefficient (Wildman–Crippen LogP) is 3.11. The Morgan fingerprint density at radius 2 is 2.00 bits per heavy atom. The SMILES string of the molecule is COCCCCN1CCN(C(=O)c2cc3c(cc2C)[nH]c(=O)c2cnn(C4CCOCC4)c23)[C@H](C)C1. The van der Waals surface area contributed by atoms with Gasteiger partial charge in [-0.15, -0.1) is 0 Å². The van der Waals surface area contributed by atoms with E-state index in [2.05, 4.69) is 21.9 Å². The zero-order valence-corrected chi connectivity index (χ0v) is 21.6. The van der Waals surface area contributed by atoms with Crippen LogP contribution in [0.25, 0.3) is 21.8 Å². The van der Waals surface area contributed by atoms with Crippen LogP contribution in [0.2, 0.25) is 0 Å². The van der Waals surface area contributed by atoms with Crippen molar-refractivity contribution >= 4 is 27.7 Å². The minimum Gasteiger partial charge on any atom is -0.385 e. The van der Waals surface area contributed by atoms with E-state index in [4.69, 9.17) is 9.47 Å². The molecule has 5 rings (SSSR count). The second-order valence-electron chi connectivity index (χ2n) is 10.2. The summed E-state index contributed by atoms with van der Waals surface area (Å²) < 4.78 is 12.7. The Bertz CT molecular complexity index is 1290. The molecule has 4 heterocycles. The predicted molar refractivity (Wildman–Crippen MR) is 140 cm³/mol. The van der Waals surface area contributed by atoms with Crippen molar-refractivity contribution in [3.8, 4) is 0 Å². The maximum atomic E-state index is 13.8. The largest absolute Gasteiger partial charge is 0.385 e. The van der Waals surface area contributed by atoms with Crippen molar-refractivity contribution in [2.45, 2.75) is 51.6 Å². The summed E-state index contributed by atoms with van der Waals surface area (Å²) in [7, 11) is 1.74. The summed E-state index contributed by atoms with van der Waals surface area (Å²) in [6.07, 6.45) is 5.53. The molecule has 36 heavy (non-hydrogen) atoms. The standard InChI is InChI=1S/C27H37N5O4/c1-18-14-24-22(25-23(26(33)29-24)16-28-32(25)20-6-12-36-13-7-20)15-21(18)27(34)31-10-9-30(17-19(31)2)8-4-5-11-35-3/h14-16,19-20H,4-13,17H2,1-3H3,(H,29,33)/t19-/m1/s1. The van der Waals surface area contributed by atoms with Crippen molar-refractivity contribution in [3.05, 3.63) is 39.8 Å². The molecule has 2 aliphatic heterocycles. The zero-order chi connectivity index (χ0) is 25.2.